The first kappa shape index (κ1) is 21.6. The highest BCUT2D eigenvalue weighted by atomic mass is 32.2. The lowest BCUT2D eigenvalue weighted by molar-refractivity contribution is 0.0943. The van der Waals surface area contributed by atoms with Gasteiger partial charge in [-0.25, -0.2) is 13.4 Å². The zero-order valence-corrected chi connectivity index (χ0v) is 17.2. The summed E-state index contributed by atoms with van der Waals surface area (Å²) in [7, 11) is -3.27. The number of nitrogens with zero attached hydrogens (tertiary/aromatic N) is 2. The Morgan fingerprint density at radius 2 is 1.89 bits per heavy atom. The van der Waals surface area contributed by atoms with Crippen molar-refractivity contribution < 1.29 is 17.9 Å². The number of carbonyl (C=O) groups is 1. The van der Waals surface area contributed by atoms with Crippen LogP contribution in [-0.2, 0) is 16.3 Å². The molecule has 150 valence electrons. The van der Waals surface area contributed by atoms with Gasteiger partial charge in [0, 0.05) is 30.3 Å². The second kappa shape index (κ2) is 9.45. The number of aromatic nitrogens is 2. The van der Waals surface area contributed by atoms with Crippen molar-refractivity contribution in [3.8, 4) is 11.6 Å². The van der Waals surface area contributed by atoms with Gasteiger partial charge in [-0.15, -0.1) is 0 Å². The highest BCUT2D eigenvalue weighted by molar-refractivity contribution is 7.93. The summed E-state index contributed by atoms with van der Waals surface area (Å²) in [5.41, 5.74) is 0.177. The molecule has 0 aliphatic heterocycles. The fourth-order valence-corrected chi connectivity index (χ4v) is 2.81. The van der Waals surface area contributed by atoms with Gasteiger partial charge >= 0.3 is 0 Å². The maximum atomic E-state index is 12.7. The van der Waals surface area contributed by atoms with Gasteiger partial charge in [0.1, 0.15) is 17.1 Å². The van der Waals surface area contributed by atoms with Gasteiger partial charge in [0.25, 0.3) is 5.91 Å². The van der Waals surface area contributed by atoms with Crippen LogP contribution in [0.1, 0.15) is 37.0 Å². The van der Waals surface area contributed by atoms with Gasteiger partial charge in [-0.3, -0.25) is 4.79 Å². The molecule has 7 nitrogen and oxygen atoms in total. The molecule has 8 heteroatoms. The Morgan fingerprint density at radius 3 is 2.50 bits per heavy atom. The van der Waals surface area contributed by atoms with E-state index in [2.05, 4.69) is 29.1 Å². The molecule has 0 saturated carbocycles. The van der Waals surface area contributed by atoms with Crippen molar-refractivity contribution in [3.05, 3.63) is 59.4 Å². The van der Waals surface area contributed by atoms with Gasteiger partial charge in [-0.2, -0.15) is 4.98 Å². The van der Waals surface area contributed by atoms with E-state index >= 15 is 0 Å². The zero-order valence-electron chi connectivity index (χ0n) is 16.4. The molecule has 2 rings (SSSR count). The number of hydrogen-bond acceptors (Lipinski definition) is 6. The van der Waals surface area contributed by atoms with Gasteiger partial charge < -0.3 is 10.1 Å². The van der Waals surface area contributed by atoms with Crippen molar-refractivity contribution >= 4 is 15.7 Å². The SMILES string of the molecule is CC(C)Cc1ncc(C(=O)NC(C)C=CS(C)(=O)=O)c(Oc2ccccc2)n1. The molecule has 1 aromatic heterocycles. The van der Waals surface area contributed by atoms with Gasteiger partial charge in [-0.05, 0) is 25.0 Å². The minimum Gasteiger partial charge on any atom is -0.438 e. The summed E-state index contributed by atoms with van der Waals surface area (Å²) in [6.07, 6.45) is 4.58. The standard InChI is InChI=1S/C20H25N3O4S/c1-14(2)12-18-21-13-17(19(24)22-15(3)10-11-28(4,25)26)20(23-18)27-16-8-6-5-7-9-16/h5-11,13-15H,12H2,1-4H3,(H,22,24). The molecular weight excluding hydrogens is 378 g/mol. The van der Waals surface area contributed by atoms with E-state index < -0.39 is 21.8 Å². The van der Waals surface area contributed by atoms with E-state index in [-0.39, 0.29) is 11.4 Å². The molecule has 1 unspecified atom stereocenters. The Bertz CT molecular complexity index is 941. The number of ether oxygens (including phenoxy) is 1. The molecule has 2 aromatic rings. The predicted octanol–water partition coefficient (Wildman–Crippen LogP) is 3.14. The van der Waals surface area contributed by atoms with Crippen LogP contribution in [0.15, 0.2) is 48.0 Å². The van der Waals surface area contributed by atoms with E-state index in [1.165, 1.54) is 12.3 Å². The summed E-state index contributed by atoms with van der Waals surface area (Å²) in [5.74, 6) is 1.20. The van der Waals surface area contributed by atoms with Crippen LogP contribution in [-0.4, -0.2) is 36.6 Å². The first-order valence-corrected chi connectivity index (χ1v) is 10.9. The zero-order chi connectivity index (χ0) is 20.7. The number of hydrogen-bond donors (Lipinski definition) is 1. The molecule has 0 radical (unpaired) electrons. The Labute approximate surface area is 165 Å². The fourth-order valence-electron chi connectivity index (χ4n) is 2.29. The van der Waals surface area contributed by atoms with Crippen LogP contribution >= 0.6 is 0 Å². The maximum absolute atomic E-state index is 12.7. The number of para-hydroxylation sites is 1. The number of sulfone groups is 1. The molecule has 1 amide bonds. The molecule has 28 heavy (non-hydrogen) atoms. The predicted molar refractivity (Wildman–Crippen MR) is 108 cm³/mol. The lowest BCUT2D eigenvalue weighted by Crippen LogP contribution is -2.31. The third-order valence-corrected chi connectivity index (χ3v) is 4.22. The summed E-state index contributed by atoms with van der Waals surface area (Å²) < 4.78 is 28.3. The number of benzene rings is 1. The van der Waals surface area contributed by atoms with E-state index in [1.807, 2.05) is 18.2 Å². The minimum atomic E-state index is -3.27. The van der Waals surface area contributed by atoms with Crippen molar-refractivity contribution in [3.63, 3.8) is 0 Å². The van der Waals surface area contributed by atoms with Crippen LogP contribution in [0.3, 0.4) is 0 Å². The Balaban J connectivity index is 2.28. The Kier molecular flexibility index (Phi) is 7.28. The molecule has 1 heterocycles. The molecule has 0 saturated heterocycles. The maximum Gasteiger partial charge on any atom is 0.258 e. The van der Waals surface area contributed by atoms with Crippen molar-refractivity contribution in [2.75, 3.05) is 6.26 Å². The van der Waals surface area contributed by atoms with E-state index in [9.17, 15) is 13.2 Å². The molecule has 0 aliphatic carbocycles. The van der Waals surface area contributed by atoms with Crippen molar-refractivity contribution in [1.29, 1.82) is 0 Å². The van der Waals surface area contributed by atoms with Crippen molar-refractivity contribution in [2.24, 2.45) is 5.92 Å². The lowest BCUT2D eigenvalue weighted by atomic mass is 10.1. The van der Waals surface area contributed by atoms with E-state index in [1.54, 1.807) is 19.1 Å². The van der Waals surface area contributed by atoms with E-state index in [0.717, 1.165) is 11.7 Å². The molecule has 1 N–H and O–H groups in total. The van der Waals surface area contributed by atoms with Gasteiger partial charge in [0.2, 0.25) is 5.88 Å². The van der Waals surface area contributed by atoms with E-state index in [4.69, 9.17) is 4.74 Å². The highest BCUT2D eigenvalue weighted by Gasteiger charge is 2.18. The summed E-state index contributed by atoms with van der Waals surface area (Å²) in [4.78, 5) is 21.4. The number of amides is 1. The van der Waals surface area contributed by atoms with Crippen LogP contribution in [0.4, 0.5) is 0 Å². The topological polar surface area (TPSA) is 98.2 Å². The smallest absolute Gasteiger partial charge is 0.258 e. The summed E-state index contributed by atoms with van der Waals surface area (Å²) >= 11 is 0. The summed E-state index contributed by atoms with van der Waals surface area (Å²) in [6, 6.07) is 8.54. The molecular formula is C20H25N3O4S. The first-order chi connectivity index (χ1) is 13.1. The fraction of sp³-hybridized carbons (Fsp3) is 0.350. The van der Waals surface area contributed by atoms with Crippen LogP contribution in [0, 0.1) is 5.92 Å². The van der Waals surface area contributed by atoms with Crippen LogP contribution in [0.25, 0.3) is 0 Å². The van der Waals surface area contributed by atoms with Gasteiger partial charge in [0.05, 0.1) is 0 Å². The first-order valence-electron chi connectivity index (χ1n) is 8.92. The second-order valence-electron chi connectivity index (χ2n) is 6.94. The van der Waals surface area contributed by atoms with E-state index in [0.29, 0.717) is 23.9 Å². The average Bonchev–Trinajstić information content (AvgIpc) is 2.60. The normalized spacial score (nSPS) is 12.9. The van der Waals surface area contributed by atoms with Crippen LogP contribution < -0.4 is 10.1 Å². The average molecular weight is 404 g/mol. The van der Waals surface area contributed by atoms with Gasteiger partial charge in [0.15, 0.2) is 9.84 Å². The second-order valence-corrected chi connectivity index (χ2v) is 8.87. The molecule has 0 fully saturated rings. The van der Waals surface area contributed by atoms with Crippen molar-refractivity contribution in [2.45, 2.75) is 33.2 Å². The minimum absolute atomic E-state index is 0.161. The largest absolute Gasteiger partial charge is 0.438 e. The number of nitrogens with one attached hydrogen (secondary N) is 1. The van der Waals surface area contributed by atoms with Crippen LogP contribution in [0.2, 0.25) is 0 Å². The number of rotatable bonds is 8. The lowest BCUT2D eigenvalue weighted by Gasteiger charge is -2.14. The van der Waals surface area contributed by atoms with Crippen LogP contribution in [0.5, 0.6) is 11.6 Å². The molecule has 0 bridgehead atoms. The van der Waals surface area contributed by atoms with Gasteiger partial charge in [-0.1, -0.05) is 38.1 Å². The monoisotopic (exact) mass is 403 g/mol. The summed E-state index contributed by atoms with van der Waals surface area (Å²) in [5, 5.41) is 3.76. The third kappa shape index (κ3) is 7.11. The number of carbonyl (C=O) groups excluding carboxylic acids is 1. The molecule has 0 aliphatic rings. The Hall–Kier alpha value is -2.74. The quantitative estimate of drug-likeness (QED) is 0.727. The third-order valence-electron chi connectivity index (χ3n) is 3.57. The molecule has 1 atom stereocenters. The Morgan fingerprint density at radius 1 is 1.21 bits per heavy atom. The molecule has 0 spiro atoms. The summed E-state index contributed by atoms with van der Waals surface area (Å²) in [6.45, 7) is 5.78. The highest BCUT2D eigenvalue weighted by Crippen LogP contribution is 2.23. The molecule has 1 aromatic carbocycles. The van der Waals surface area contributed by atoms with Crippen molar-refractivity contribution in [1.82, 2.24) is 15.3 Å².